The summed E-state index contributed by atoms with van der Waals surface area (Å²) in [4.78, 5) is 5.98. The number of aromatic nitrogens is 3. The smallest absolute Gasteiger partial charge is 0.306 e. The molecule has 1 fully saturated rings. The minimum atomic E-state index is -4.65. The van der Waals surface area contributed by atoms with Gasteiger partial charge in [0.15, 0.2) is 5.82 Å². The summed E-state index contributed by atoms with van der Waals surface area (Å²) in [6, 6.07) is 6.29. The number of likely N-dealkylation sites (tertiary alicyclic amines) is 1. The molecule has 1 aliphatic rings. The predicted octanol–water partition coefficient (Wildman–Crippen LogP) is 4.97. The topological polar surface area (TPSA) is 41.9 Å². The summed E-state index contributed by atoms with van der Waals surface area (Å²) in [7, 11) is 2.09. The van der Waals surface area contributed by atoms with Gasteiger partial charge in [0.05, 0.1) is 11.1 Å². The summed E-state index contributed by atoms with van der Waals surface area (Å²) in [5, 5.41) is 9.30. The van der Waals surface area contributed by atoms with E-state index in [1.807, 2.05) is 18.2 Å². The first kappa shape index (κ1) is 19.7. The van der Waals surface area contributed by atoms with E-state index in [4.69, 9.17) is 0 Å². The number of piperidine rings is 1. The van der Waals surface area contributed by atoms with Crippen molar-refractivity contribution in [1.29, 1.82) is 0 Å². The molecule has 0 spiro atoms. The van der Waals surface area contributed by atoms with Crippen LogP contribution in [0.4, 0.5) is 17.6 Å². The first-order valence-corrected chi connectivity index (χ1v) is 9.43. The van der Waals surface area contributed by atoms with Gasteiger partial charge in [0, 0.05) is 18.1 Å². The summed E-state index contributed by atoms with van der Waals surface area (Å²) >= 11 is 0. The maximum Gasteiger partial charge on any atom is 0.417 e. The molecule has 1 saturated heterocycles. The largest absolute Gasteiger partial charge is 0.417 e. The van der Waals surface area contributed by atoms with Gasteiger partial charge in [-0.15, -0.1) is 10.2 Å². The van der Waals surface area contributed by atoms with Gasteiger partial charge < -0.3 is 4.90 Å². The number of alkyl halides is 3. The number of nitrogens with zero attached hydrogens (tertiary/aromatic N) is 4. The second kappa shape index (κ2) is 7.33. The van der Waals surface area contributed by atoms with Crippen molar-refractivity contribution < 1.29 is 17.6 Å². The lowest BCUT2D eigenvalue weighted by atomic mass is 9.88. The lowest BCUT2D eigenvalue weighted by molar-refractivity contribution is -0.138. The summed E-state index contributed by atoms with van der Waals surface area (Å²) in [5.74, 6) is -0.737. The molecule has 0 radical (unpaired) electrons. The van der Waals surface area contributed by atoms with Gasteiger partial charge in [-0.05, 0) is 56.5 Å². The van der Waals surface area contributed by atoms with Crippen LogP contribution in [0.15, 0.2) is 30.5 Å². The van der Waals surface area contributed by atoms with E-state index >= 15 is 0 Å². The maximum atomic E-state index is 14.4. The van der Waals surface area contributed by atoms with Gasteiger partial charge in [-0.1, -0.05) is 18.2 Å². The molecule has 1 aromatic carbocycles. The van der Waals surface area contributed by atoms with Gasteiger partial charge in [0.2, 0.25) is 0 Å². The highest BCUT2D eigenvalue weighted by Gasteiger charge is 2.32. The van der Waals surface area contributed by atoms with Crippen molar-refractivity contribution in [3.05, 3.63) is 53.0 Å². The van der Waals surface area contributed by atoms with Crippen molar-refractivity contribution >= 4 is 10.9 Å². The average Bonchev–Trinajstić information content (AvgIpc) is 2.68. The zero-order valence-electron chi connectivity index (χ0n) is 16.1. The Kier molecular flexibility index (Phi) is 4.98. The van der Waals surface area contributed by atoms with Crippen LogP contribution in [0.3, 0.4) is 0 Å². The van der Waals surface area contributed by atoms with Crippen LogP contribution in [0.2, 0.25) is 0 Å². The highest BCUT2D eigenvalue weighted by molar-refractivity contribution is 5.88. The van der Waals surface area contributed by atoms with Gasteiger partial charge in [-0.3, -0.25) is 4.98 Å². The Morgan fingerprint density at radius 2 is 1.93 bits per heavy atom. The second-order valence-electron chi connectivity index (χ2n) is 7.57. The van der Waals surface area contributed by atoms with E-state index in [2.05, 4.69) is 27.1 Å². The number of benzene rings is 1. The number of hydrogen-bond acceptors (Lipinski definition) is 4. The van der Waals surface area contributed by atoms with Crippen molar-refractivity contribution in [2.75, 3.05) is 20.1 Å². The molecule has 0 amide bonds. The Morgan fingerprint density at radius 3 is 2.62 bits per heavy atom. The van der Waals surface area contributed by atoms with Crippen molar-refractivity contribution in [1.82, 2.24) is 20.1 Å². The standard InChI is InChI=1S/C21H20F4N4/c1-12-15-6-3-7-16(13-5-4-8-29(2)11-13)19(15)28-27-18(12)20-17(22)9-14(10-26-20)21(23,24)25/h3,6-7,9-10,13H,4-5,8,11H2,1-2H3/t13-/m0/s1. The van der Waals surface area contributed by atoms with E-state index in [0.29, 0.717) is 23.7 Å². The van der Waals surface area contributed by atoms with E-state index in [1.54, 1.807) is 6.92 Å². The molecule has 2 aromatic heterocycles. The van der Waals surface area contributed by atoms with Crippen LogP contribution < -0.4 is 0 Å². The van der Waals surface area contributed by atoms with Crippen LogP contribution >= 0.6 is 0 Å². The number of hydrogen-bond donors (Lipinski definition) is 0. The molecule has 3 aromatic rings. The van der Waals surface area contributed by atoms with Crippen molar-refractivity contribution in [2.45, 2.75) is 31.9 Å². The van der Waals surface area contributed by atoms with Crippen LogP contribution in [0.5, 0.6) is 0 Å². The molecule has 1 aliphatic heterocycles. The van der Waals surface area contributed by atoms with Gasteiger partial charge in [-0.25, -0.2) is 4.39 Å². The van der Waals surface area contributed by atoms with E-state index < -0.39 is 17.6 Å². The quantitative estimate of drug-likeness (QED) is 0.566. The number of rotatable bonds is 2. The molecule has 0 N–H and O–H groups in total. The molecule has 152 valence electrons. The monoisotopic (exact) mass is 404 g/mol. The Morgan fingerprint density at radius 1 is 1.14 bits per heavy atom. The first-order chi connectivity index (χ1) is 13.8. The average molecular weight is 404 g/mol. The molecule has 8 heteroatoms. The van der Waals surface area contributed by atoms with Gasteiger partial charge in [-0.2, -0.15) is 13.2 Å². The summed E-state index contributed by atoms with van der Waals surface area (Å²) in [6.07, 6.45) is -1.87. The molecule has 4 nitrogen and oxygen atoms in total. The fourth-order valence-electron chi connectivity index (χ4n) is 4.02. The molecule has 0 bridgehead atoms. The Hall–Kier alpha value is -2.61. The third-order valence-corrected chi connectivity index (χ3v) is 5.53. The van der Waals surface area contributed by atoms with Gasteiger partial charge in [0.25, 0.3) is 0 Å². The fraction of sp³-hybridized carbons (Fsp3) is 0.381. The molecule has 4 rings (SSSR count). The Bertz CT molecular complexity index is 1060. The third-order valence-electron chi connectivity index (χ3n) is 5.53. The van der Waals surface area contributed by atoms with E-state index in [0.717, 1.165) is 42.4 Å². The predicted molar refractivity (Wildman–Crippen MR) is 102 cm³/mol. The van der Waals surface area contributed by atoms with Gasteiger partial charge >= 0.3 is 6.18 Å². The Balaban J connectivity index is 1.80. The summed E-state index contributed by atoms with van der Waals surface area (Å²) < 4.78 is 52.8. The van der Waals surface area contributed by atoms with Crippen molar-refractivity contribution in [3.63, 3.8) is 0 Å². The molecule has 1 atom stereocenters. The fourth-order valence-corrected chi connectivity index (χ4v) is 4.02. The SMILES string of the molecule is Cc1c(-c2ncc(C(F)(F)F)cc2F)nnc2c([C@H]3CCCN(C)C3)cccc12. The van der Waals surface area contributed by atoms with E-state index in [9.17, 15) is 17.6 Å². The number of pyridine rings is 1. The van der Waals surface area contributed by atoms with Crippen molar-refractivity contribution in [2.24, 2.45) is 0 Å². The van der Waals surface area contributed by atoms with E-state index in [-0.39, 0.29) is 11.4 Å². The van der Waals surface area contributed by atoms with Gasteiger partial charge in [0.1, 0.15) is 11.4 Å². The van der Waals surface area contributed by atoms with Crippen LogP contribution in [0.1, 0.15) is 35.4 Å². The number of fused-ring (bicyclic) bond motifs is 1. The van der Waals surface area contributed by atoms with Crippen LogP contribution in [0.25, 0.3) is 22.3 Å². The first-order valence-electron chi connectivity index (χ1n) is 9.43. The minimum Gasteiger partial charge on any atom is -0.306 e. The second-order valence-corrected chi connectivity index (χ2v) is 7.57. The van der Waals surface area contributed by atoms with Crippen LogP contribution in [0, 0.1) is 12.7 Å². The zero-order chi connectivity index (χ0) is 20.8. The lowest BCUT2D eigenvalue weighted by Gasteiger charge is -2.30. The highest BCUT2D eigenvalue weighted by atomic mass is 19.4. The Labute approximate surface area is 165 Å². The molecule has 29 heavy (non-hydrogen) atoms. The summed E-state index contributed by atoms with van der Waals surface area (Å²) in [5.41, 5.74) is 1.29. The minimum absolute atomic E-state index is 0.154. The highest BCUT2D eigenvalue weighted by Crippen LogP contribution is 2.35. The molecule has 0 aliphatic carbocycles. The summed E-state index contributed by atoms with van der Waals surface area (Å²) in [6.45, 7) is 3.76. The zero-order valence-corrected chi connectivity index (χ0v) is 16.1. The third kappa shape index (κ3) is 3.69. The van der Waals surface area contributed by atoms with Crippen LogP contribution in [-0.4, -0.2) is 40.2 Å². The number of aryl methyl sites for hydroxylation is 1. The molecule has 3 heterocycles. The number of halogens is 4. The van der Waals surface area contributed by atoms with E-state index in [1.165, 1.54) is 0 Å². The molecular weight excluding hydrogens is 384 g/mol. The maximum absolute atomic E-state index is 14.4. The lowest BCUT2D eigenvalue weighted by Crippen LogP contribution is -2.31. The molecule has 0 unspecified atom stereocenters. The van der Waals surface area contributed by atoms with Crippen molar-refractivity contribution in [3.8, 4) is 11.4 Å². The molecular formula is C21H20F4N4. The number of likely N-dealkylation sites (N-methyl/N-ethyl adjacent to an activating group) is 1. The molecule has 0 saturated carbocycles. The van der Waals surface area contributed by atoms with Crippen LogP contribution in [-0.2, 0) is 6.18 Å². The normalized spacial score (nSPS) is 18.3.